The molecule has 2 aliphatic rings. The van der Waals surface area contributed by atoms with E-state index in [1.165, 1.54) is 0 Å². The molecule has 1 N–H and O–H groups in total. The molecule has 2 fully saturated rings. The summed E-state index contributed by atoms with van der Waals surface area (Å²) in [6.45, 7) is 5.72. The lowest BCUT2D eigenvalue weighted by atomic mass is 9.98. The number of carbonyl (C=O) groups is 1. The summed E-state index contributed by atoms with van der Waals surface area (Å²) in [6.07, 6.45) is 2.86. The van der Waals surface area contributed by atoms with Gasteiger partial charge in [-0.1, -0.05) is 6.08 Å². The fourth-order valence-electron chi connectivity index (χ4n) is 2.75. The molecule has 2 rings (SSSR count). The lowest BCUT2D eigenvalue weighted by Gasteiger charge is -2.21. The van der Waals surface area contributed by atoms with Crippen LogP contribution in [0.3, 0.4) is 0 Å². The fourth-order valence-corrected chi connectivity index (χ4v) is 2.75. The molecule has 0 aromatic carbocycles. The second-order valence-corrected chi connectivity index (χ2v) is 4.91. The lowest BCUT2D eigenvalue weighted by molar-refractivity contribution is -0.150. The van der Waals surface area contributed by atoms with Gasteiger partial charge in [-0.25, -0.2) is 0 Å². The van der Waals surface area contributed by atoms with Crippen molar-refractivity contribution in [3.8, 4) is 0 Å². The Labute approximate surface area is 95.2 Å². The number of allylic oxidation sites excluding steroid dienone is 1. The Bertz CT molecular complexity index is 332. The molecular weight excluding hydrogens is 208 g/mol. The molecule has 0 bridgehead atoms. The number of carboxylic acids is 1. The van der Waals surface area contributed by atoms with Crippen LogP contribution < -0.4 is 0 Å². The average molecular weight is 226 g/mol. The molecule has 0 spiro atoms. The Balaban J connectivity index is 2.13. The topological polar surface area (TPSA) is 55.8 Å². The highest BCUT2D eigenvalue weighted by atomic mass is 16.8. The third kappa shape index (κ3) is 1.99. The summed E-state index contributed by atoms with van der Waals surface area (Å²) in [5.74, 6) is -1.24. The van der Waals surface area contributed by atoms with Crippen molar-refractivity contribution in [2.24, 2.45) is 5.92 Å². The van der Waals surface area contributed by atoms with Crippen molar-refractivity contribution < 1.29 is 19.4 Å². The molecule has 90 valence electrons. The molecule has 1 saturated carbocycles. The summed E-state index contributed by atoms with van der Waals surface area (Å²) in [5, 5.41) is 8.84. The van der Waals surface area contributed by atoms with Gasteiger partial charge in [0.2, 0.25) is 0 Å². The molecular formula is C12H18O4. The van der Waals surface area contributed by atoms with Crippen LogP contribution in [0.1, 0.15) is 33.6 Å². The van der Waals surface area contributed by atoms with E-state index in [9.17, 15) is 4.79 Å². The predicted molar refractivity (Wildman–Crippen MR) is 57.9 cm³/mol. The van der Waals surface area contributed by atoms with Crippen LogP contribution in [0.25, 0.3) is 0 Å². The molecule has 4 heteroatoms. The summed E-state index contributed by atoms with van der Waals surface area (Å²) in [6, 6.07) is 0. The number of rotatable bonds is 2. The van der Waals surface area contributed by atoms with Gasteiger partial charge in [0.1, 0.15) is 6.10 Å². The van der Waals surface area contributed by atoms with E-state index in [0.717, 1.165) is 12.0 Å². The molecule has 4 nitrogen and oxygen atoms in total. The van der Waals surface area contributed by atoms with E-state index in [2.05, 4.69) is 0 Å². The van der Waals surface area contributed by atoms with Gasteiger partial charge in [-0.3, -0.25) is 4.79 Å². The van der Waals surface area contributed by atoms with E-state index in [0.29, 0.717) is 0 Å². The molecule has 0 aromatic rings. The minimum Gasteiger partial charge on any atom is -0.481 e. The van der Waals surface area contributed by atoms with Gasteiger partial charge < -0.3 is 14.6 Å². The Morgan fingerprint density at radius 2 is 2.25 bits per heavy atom. The molecule has 1 aliphatic carbocycles. The first-order valence-corrected chi connectivity index (χ1v) is 5.66. The van der Waals surface area contributed by atoms with E-state index >= 15 is 0 Å². The Kier molecular flexibility index (Phi) is 2.80. The summed E-state index contributed by atoms with van der Waals surface area (Å²) in [4.78, 5) is 10.8. The molecule has 0 aromatic heterocycles. The Morgan fingerprint density at radius 3 is 2.81 bits per heavy atom. The van der Waals surface area contributed by atoms with E-state index in [-0.39, 0.29) is 24.5 Å². The summed E-state index contributed by atoms with van der Waals surface area (Å²) in [7, 11) is 0. The van der Waals surface area contributed by atoms with E-state index in [4.69, 9.17) is 14.6 Å². The molecule has 3 atom stereocenters. The van der Waals surface area contributed by atoms with Gasteiger partial charge in [-0.15, -0.1) is 0 Å². The predicted octanol–water partition coefficient (Wildman–Crippen LogP) is 1.95. The second kappa shape index (κ2) is 3.86. The monoisotopic (exact) mass is 226 g/mol. The standard InChI is InChI=1S/C12H18O4/c1-4-8-7(6-10(13)14)5-9-11(8)16-12(2,3)15-9/h4,7,9,11H,5-6H2,1-3H3,(H,13,14)/t7-,9+,11-/m1/s1. The smallest absolute Gasteiger partial charge is 0.303 e. The Hall–Kier alpha value is -0.870. The minimum atomic E-state index is -0.761. The maximum absolute atomic E-state index is 10.8. The first-order valence-electron chi connectivity index (χ1n) is 5.66. The SMILES string of the molecule is CC=C1[C@@H](CC(=O)O)C[C@@H]2OC(C)(C)O[C@H]12. The third-order valence-corrected chi connectivity index (χ3v) is 3.25. The van der Waals surface area contributed by atoms with Gasteiger partial charge in [-0.2, -0.15) is 0 Å². The highest BCUT2D eigenvalue weighted by Gasteiger charge is 2.50. The van der Waals surface area contributed by atoms with Crippen molar-refractivity contribution in [3.05, 3.63) is 11.6 Å². The summed E-state index contributed by atoms with van der Waals surface area (Å²) >= 11 is 0. The van der Waals surface area contributed by atoms with Crippen LogP contribution in [0.15, 0.2) is 11.6 Å². The van der Waals surface area contributed by atoms with Crippen molar-refractivity contribution in [1.29, 1.82) is 0 Å². The molecule has 0 unspecified atom stereocenters. The Morgan fingerprint density at radius 1 is 1.56 bits per heavy atom. The van der Waals surface area contributed by atoms with Gasteiger partial charge in [0, 0.05) is 0 Å². The van der Waals surface area contributed by atoms with Crippen LogP contribution in [-0.4, -0.2) is 29.1 Å². The van der Waals surface area contributed by atoms with Crippen molar-refractivity contribution in [2.75, 3.05) is 0 Å². The zero-order valence-electron chi connectivity index (χ0n) is 9.90. The average Bonchev–Trinajstić information content (AvgIpc) is 2.54. The highest BCUT2D eigenvalue weighted by molar-refractivity contribution is 5.67. The normalized spacial score (nSPS) is 38.9. The maximum Gasteiger partial charge on any atom is 0.303 e. The van der Waals surface area contributed by atoms with Crippen molar-refractivity contribution in [2.45, 2.75) is 51.6 Å². The van der Waals surface area contributed by atoms with Crippen molar-refractivity contribution >= 4 is 5.97 Å². The summed E-state index contributed by atoms with van der Waals surface area (Å²) in [5.41, 5.74) is 1.08. The number of hydrogen-bond donors (Lipinski definition) is 1. The van der Waals surface area contributed by atoms with Crippen LogP contribution in [0.5, 0.6) is 0 Å². The van der Waals surface area contributed by atoms with Crippen LogP contribution >= 0.6 is 0 Å². The van der Waals surface area contributed by atoms with E-state index in [1.54, 1.807) is 0 Å². The molecule has 0 radical (unpaired) electrons. The van der Waals surface area contributed by atoms with Gasteiger partial charge in [0.25, 0.3) is 0 Å². The van der Waals surface area contributed by atoms with E-state index < -0.39 is 11.8 Å². The molecule has 16 heavy (non-hydrogen) atoms. The van der Waals surface area contributed by atoms with E-state index in [1.807, 2.05) is 26.8 Å². The van der Waals surface area contributed by atoms with Crippen LogP contribution in [-0.2, 0) is 14.3 Å². The van der Waals surface area contributed by atoms with Crippen molar-refractivity contribution in [1.82, 2.24) is 0 Å². The molecule has 1 heterocycles. The molecule has 1 saturated heterocycles. The largest absolute Gasteiger partial charge is 0.481 e. The van der Waals surface area contributed by atoms with Gasteiger partial charge in [-0.05, 0) is 38.7 Å². The van der Waals surface area contributed by atoms with Gasteiger partial charge in [0.05, 0.1) is 12.5 Å². The van der Waals surface area contributed by atoms with Crippen LogP contribution in [0, 0.1) is 5.92 Å². The number of ether oxygens (including phenoxy) is 2. The minimum absolute atomic E-state index is 0.0190. The number of hydrogen-bond acceptors (Lipinski definition) is 3. The third-order valence-electron chi connectivity index (χ3n) is 3.25. The zero-order valence-corrected chi connectivity index (χ0v) is 9.90. The number of fused-ring (bicyclic) bond motifs is 1. The van der Waals surface area contributed by atoms with Gasteiger partial charge >= 0.3 is 5.97 Å². The van der Waals surface area contributed by atoms with Crippen LogP contribution in [0.4, 0.5) is 0 Å². The number of aliphatic carboxylic acids is 1. The second-order valence-electron chi connectivity index (χ2n) is 4.91. The van der Waals surface area contributed by atoms with Gasteiger partial charge in [0.15, 0.2) is 5.79 Å². The highest BCUT2D eigenvalue weighted by Crippen LogP contribution is 2.45. The van der Waals surface area contributed by atoms with Crippen LogP contribution in [0.2, 0.25) is 0 Å². The molecule has 1 aliphatic heterocycles. The lowest BCUT2D eigenvalue weighted by Crippen LogP contribution is -2.24. The maximum atomic E-state index is 10.8. The molecule has 0 amide bonds. The first kappa shape index (κ1) is 11.6. The number of carboxylic acid groups (broad SMARTS) is 1. The van der Waals surface area contributed by atoms with Crippen molar-refractivity contribution in [3.63, 3.8) is 0 Å². The quantitative estimate of drug-likeness (QED) is 0.731. The zero-order chi connectivity index (χ0) is 11.9. The summed E-state index contributed by atoms with van der Waals surface area (Å²) < 4.78 is 11.6. The fraction of sp³-hybridized carbons (Fsp3) is 0.750. The first-order chi connectivity index (χ1) is 7.43.